The first kappa shape index (κ1) is 15.7. The highest BCUT2D eigenvalue weighted by molar-refractivity contribution is 5.74. The van der Waals surface area contributed by atoms with Crippen molar-refractivity contribution >= 4 is 12.0 Å². The lowest BCUT2D eigenvalue weighted by Gasteiger charge is -2.34. The van der Waals surface area contributed by atoms with Crippen molar-refractivity contribution in [3.63, 3.8) is 0 Å². The van der Waals surface area contributed by atoms with Gasteiger partial charge in [0.05, 0.1) is 14.2 Å². The van der Waals surface area contributed by atoms with Crippen LogP contribution in [0.1, 0.15) is 33.6 Å². The van der Waals surface area contributed by atoms with Gasteiger partial charge in [-0.05, 0) is 27.2 Å². The first-order valence-corrected chi connectivity index (χ1v) is 5.50. The highest BCUT2D eigenvalue weighted by Crippen LogP contribution is 2.15. The van der Waals surface area contributed by atoms with Crippen molar-refractivity contribution in [1.82, 2.24) is 10.4 Å². The van der Waals surface area contributed by atoms with Gasteiger partial charge < -0.3 is 9.64 Å². The molecule has 0 aromatic rings. The topological polar surface area (TPSA) is 67.9 Å². The van der Waals surface area contributed by atoms with Gasteiger partial charge in [-0.25, -0.2) is 10.3 Å². The van der Waals surface area contributed by atoms with Crippen molar-refractivity contribution in [2.24, 2.45) is 0 Å². The summed E-state index contributed by atoms with van der Waals surface area (Å²) >= 11 is 0. The van der Waals surface area contributed by atoms with Gasteiger partial charge in [-0.15, -0.1) is 0 Å². The molecule has 0 saturated carbocycles. The fraction of sp³-hybridized carbons (Fsp3) is 0.818. The summed E-state index contributed by atoms with van der Waals surface area (Å²) < 4.78 is 4.71. The summed E-state index contributed by atoms with van der Waals surface area (Å²) in [6, 6.07) is 0. The molecular formula is C11H22N2O4. The van der Waals surface area contributed by atoms with E-state index in [0.29, 0.717) is 19.4 Å². The maximum Gasteiger partial charge on any atom is 0.409 e. The number of rotatable bonds is 5. The Morgan fingerprint density at radius 1 is 1.24 bits per heavy atom. The quantitative estimate of drug-likeness (QED) is 0.743. The van der Waals surface area contributed by atoms with Crippen molar-refractivity contribution in [2.45, 2.75) is 39.2 Å². The van der Waals surface area contributed by atoms with E-state index in [1.807, 2.05) is 20.8 Å². The second-order valence-corrected chi connectivity index (χ2v) is 4.63. The van der Waals surface area contributed by atoms with E-state index in [-0.39, 0.29) is 17.5 Å². The van der Waals surface area contributed by atoms with Crippen molar-refractivity contribution in [2.75, 3.05) is 20.8 Å². The Morgan fingerprint density at radius 3 is 2.24 bits per heavy atom. The predicted molar refractivity (Wildman–Crippen MR) is 63.2 cm³/mol. The molecule has 0 atom stereocenters. The first-order chi connectivity index (χ1) is 7.82. The molecule has 0 unspecified atom stereocenters. The smallest absolute Gasteiger partial charge is 0.409 e. The fourth-order valence-corrected chi connectivity index (χ4v) is 1.37. The Balaban J connectivity index is 4.19. The molecule has 0 aliphatic carbocycles. The van der Waals surface area contributed by atoms with Crippen LogP contribution in [-0.2, 0) is 14.4 Å². The normalized spacial score (nSPS) is 10.9. The maximum absolute atomic E-state index is 11.5. The van der Waals surface area contributed by atoms with Crippen LogP contribution in [-0.4, -0.2) is 43.2 Å². The number of hydrogen-bond acceptors (Lipinski definition) is 4. The van der Waals surface area contributed by atoms with Crippen LogP contribution in [0.2, 0.25) is 0 Å². The minimum atomic E-state index is -0.385. The number of methoxy groups -OCH3 is 1. The van der Waals surface area contributed by atoms with Gasteiger partial charge in [0.2, 0.25) is 5.91 Å². The molecule has 0 aromatic carbocycles. The Morgan fingerprint density at radius 2 is 1.82 bits per heavy atom. The standard InChI is InChI=1S/C11H22N2O4/c1-11(2,3)13(10(15)16-4)8-6-7-9(14)12-17-5/h6-8H2,1-5H3,(H,12,14). The molecular weight excluding hydrogens is 224 g/mol. The van der Waals surface area contributed by atoms with Gasteiger partial charge >= 0.3 is 6.09 Å². The molecule has 17 heavy (non-hydrogen) atoms. The zero-order valence-corrected chi connectivity index (χ0v) is 11.2. The van der Waals surface area contributed by atoms with E-state index in [1.165, 1.54) is 14.2 Å². The average molecular weight is 246 g/mol. The summed E-state index contributed by atoms with van der Waals surface area (Å²) in [5, 5.41) is 0. The summed E-state index contributed by atoms with van der Waals surface area (Å²) in [6.07, 6.45) is 0.476. The van der Waals surface area contributed by atoms with Crippen LogP contribution in [0.5, 0.6) is 0 Å². The van der Waals surface area contributed by atoms with Gasteiger partial charge in [0.15, 0.2) is 0 Å². The van der Waals surface area contributed by atoms with Crippen molar-refractivity contribution in [3.05, 3.63) is 0 Å². The minimum absolute atomic E-state index is 0.203. The van der Waals surface area contributed by atoms with E-state index in [0.717, 1.165) is 0 Å². The van der Waals surface area contributed by atoms with Gasteiger partial charge in [-0.2, -0.15) is 0 Å². The van der Waals surface area contributed by atoms with Crippen LogP contribution in [0, 0.1) is 0 Å². The number of nitrogens with zero attached hydrogens (tertiary/aromatic N) is 1. The van der Waals surface area contributed by atoms with Gasteiger partial charge in [0.25, 0.3) is 0 Å². The lowest BCUT2D eigenvalue weighted by Crippen LogP contribution is -2.46. The summed E-state index contributed by atoms with van der Waals surface area (Å²) in [6.45, 7) is 6.21. The first-order valence-electron chi connectivity index (χ1n) is 5.50. The lowest BCUT2D eigenvalue weighted by atomic mass is 10.1. The van der Waals surface area contributed by atoms with E-state index in [9.17, 15) is 9.59 Å². The van der Waals surface area contributed by atoms with Crippen LogP contribution in [0.3, 0.4) is 0 Å². The van der Waals surface area contributed by atoms with Crippen molar-refractivity contribution < 1.29 is 19.2 Å². The molecule has 0 saturated heterocycles. The molecule has 0 heterocycles. The number of hydrogen-bond donors (Lipinski definition) is 1. The summed E-state index contributed by atoms with van der Waals surface area (Å²) in [5.74, 6) is -0.203. The summed E-state index contributed by atoms with van der Waals surface area (Å²) in [7, 11) is 2.73. The zero-order chi connectivity index (χ0) is 13.5. The van der Waals surface area contributed by atoms with Crippen LogP contribution in [0.4, 0.5) is 4.79 Å². The molecule has 0 fully saturated rings. The third kappa shape index (κ3) is 6.11. The molecule has 0 aliphatic rings. The third-order valence-electron chi connectivity index (χ3n) is 2.21. The Labute approximate surface area is 102 Å². The summed E-state index contributed by atoms with van der Waals surface area (Å²) in [4.78, 5) is 28.8. The maximum atomic E-state index is 11.5. The largest absolute Gasteiger partial charge is 0.453 e. The molecule has 0 rings (SSSR count). The minimum Gasteiger partial charge on any atom is -0.453 e. The van der Waals surface area contributed by atoms with E-state index in [1.54, 1.807) is 4.90 Å². The van der Waals surface area contributed by atoms with Gasteiger partial charge in [-0.1, -0.05) is 0 Å². The van der Waals surface area contributed by atoms with Gasteiger partial charge in [-0.3, -0.25) is 9.63 Å². The molecule has 0 radical (unpaired) electrons. The fourth-order valence-electron chi connectivity index (χ4n) is 1.37. The number of carbonyl (C=O) groups is 2. The van der Waals surface area contributed by atoms with Crippen molar-refractivity contribution in [3.8, 4) is 0 Å². The molecule has 6 nitrogen and oxygen atoms in total. The molecule has 6 heteroatoms. The number of nitrogens with one attached hydrogen (secondary N) is 1. The van der Waals surface area contributed by atoms with Gasteiger partial charge in [0.1, 0.15) is 0 Å². The molecule has 0 bridgehead atoms. The number of carbonyl (C=O) groups excluding carboxylic acids is 2. The van der Waals surface area contributed by atoms with Crippen LogP contribution in [0.15, 0.2) is 0 Å². The molecule has 0 aromatic heterocycles. The van der Waals surface area contributed by atoms with Crippen molar-refractivity contribution in [1.29, 1.82) is 0 Å². The highest BCUT2D eigenvalue weighted by Gasteiger charge is 2.26. The SMILES string of the molecule is CONC(=O)CCCN(C(=O)OC)C(C)(C)C. The second-order valence-electron chi connectivity index (χ2n) is 4.63. The molecule has 0 aliphatic heterocycles. The molecule has 1 N–H and O–H groups in total. The number of hydroxylamine groups is 1. The van der Waals surface area contributed by atoms with E-state index in [2.05, 4.69) is 10.3 Å². The molecule has 2 amide bonds. The Hall–Kier alpha value is -1.30. The Bertz CT molecular complexity index is 261. The zero-order valence-electron chi connectivity index (χ0n) is 11.2. The van der Waals surface area contributed by atoms with Gasteiger partial charge in [0, 0.05) is 18.5 Å². The van der Waals surface area contributed by atoms with Crippen LogP contribution < -0.4 is 5.48 Å². The second kappa shape index (κ2) is 7.11. The highest BCUT2D eigenvalue weighted by atomic mass is 16.6. The van der Waals surface area contributed by atoms with Crippen LogP contribution in [0.25, 0.3) is 0 Å². The third-order valence-corrected chi connectivity index (χ3v) is 2.21. The predicted octanol–water partition coefficient (Wildman–Crippen LogP) is 1.31. The van der Waals surface area contributed by atoms with E-state index >= 15 is 0 Å². The van der Waals surface area contributed by atoms with Crippen LogP contribution >= 0.6 is 0 Å². The van der Waals surface area contributed by atoms with E-state index < -0.39 is 0 Å². The number of amides is 2. The molecule has 100 valence electrons. The summed E-state index contributed by atoms with van der Waals surface area (Å²) in [5.41, 5.74) is 1.90. The monoisotopic (exact) mass is 246 g/mol. The molecule has 0 spiro atoms. The number of ether oxygens (including phenoxy) is 1. The van der Waals surface area contributed by atoms with E-state index in [4.69, 9.17) is 4.74 Å². The average Bonchev–Trinajstić information content (AvgIpc) is 2.22. The Kier molecular flexibility index (Phi) is 6.57. The lowest BCUT2D eigenvalue weighted by molar-refractivity contribution is -0.131.